The molecule has 0 aliphatic heterocycles. The van der Waals surface area contributed by atoms with Gasteiger partial charge < -0.3 is 0 Å². The molecule has 0 bridgehead atoms. The summed E-state index contributed by atoms with van der Waals surface area (Å²) in [6, 6.07) is 5.65. The molecule has 2 radical (unpaired) electrons. The van der Waals surface area contributed by atoms with Crippen molar-refractivity contribution in [3.05, 3.63) is 56.0 Å². The van der Waals surface area contributed by atoms with Crippen LogP contribution < -0.4 is 9.47 Å². The molecule has 0 heterocycles. The zero-order chi connectivity index (χ0) is 17.0. The molecule has 0 unspecified atom stereocenters. The van der Waals surface area contributed by atoms with Crippen LogP contribution in [0.4, 0.5) is 8.78 Å². The minimum atomic E-state index is -0.505. The summed E-state index contributed by atoms with van der Waals surface area (Å²) in [4.78, 5) is 0. The third-order valence-electron chi connectivity index (χ3n) is 3.03. The van der Waals surface area contributed by atoms with Gasteiger partial charge >= 0.3 is 158 Å². The molecule has 2 aromatic carbocycles. The fraction of sp³-hybridized carbons (Fsp3) is 0.250. The van der Waals surface area contributed by atoms with Crippen LogP contribution in [0.2, 0.25) is 0 Å². The molecule has 0 spiro atoms. The van der Waals surface area contributed by atoms with Gasteiger partial charge in [-0.1, -0.05) is 0 Å². The minimum absolute atomic E-state index is 0.294. The molecule has 2 aromatic rings. The van der Waals surface area contributed by atoms with Gasteiger partial charge in [0, 0.05) is 0 Å². The van der Waals surface area contributed by atoms with Gasteiger partial charge in [-0.15, -0.1) is 0 Å². The van der Waals surface area contributed by atoms with E-state index in [4.69, 9.17) is 9.47 Å². The first-order valence-corrected chi connectivity index (χ1v) is 11.3. The number of halogens is 4. The first-order valence-electron chi connectivity index (χ1n) is 6.76. The zero-order valence-corrected chi connectivity index (χ0v) is 17.8. The van der Waals surface area contributed by atoms with Crippen LogP contribution >= 0.6 is 31.9 Å². The molecule has 0 saturated heterocycles. The Morgan fingerprint density at radius 3 is 1.57 bits per heavy atom. The summed E-state index contributed by atoms with van der Waals surface area (Å²) in [5.74, 6) is 0.735. The summed E-state index contributed by atoms with van der Waals surface area (Å²) in [7, 11) is 0. The Morgan fingerprint density at radius 1 is 0.826 bits per heavy atom. The molecular weight excluding hydrogens is 495 g/mol. The first-order chi connectivity index (χ1) is 10.9. The summed E-state index contributed by atoms with van der Waals surface area (Å²) >= 11 is 6.11. The Balaban J connectivity index is 1.85. The zero-order valence-electron chi connectivity index (χ0n) is 12.6. The van der Waals surface area contributed by atoms with E-state index < -0.39 is 15.4 Å². The van der Waals surface area contributed by atoms with E-state index in [-0.39, 0.29) is 11.6 Å². The van der Waals surface area contributed by atoms with Crippen molar-refractivity contribution in [1.29, 1.82) is 0 Å². The van der Waals surface area contributed by atoms with Gasteiger partial charge in [0.1, 0.15) is 0 Å². The third-order valence-corrected chi connectivity index (χ3v) is 5.67. The Kier molecular flexibility index (Phi) is 6.91. The van der Waals surface area contributed by atoms with Crippen molar-refractivity contribution in [1.82, 2.24) is 0 Å². The van der Waals surface area contributed by atoms with Crippen molar-refractivity contribution in [2.45, 2.75) is 13.8 Å². The molecule has 0 fully saturated rings. The van der Waals surface area contributed by atoms with E-state index in [2.05, 4.69) is 31.9 Å². The van der Waals surface area contributed by atoms with E-state index in [9.17, 15) is 8.78 Å². The standard InChI is InChI=1S/C16H14Br2F2GeO2/c1-9-3-11(19)5-13(17)15(9)22-7-21-8-23-16-10(2)4-12(20)6-14(16)18/h3-6H,7-8H2,1-2H3. The predicted octanol–water partition coefficient (Wildman–Crippen LogP) is 5.18. The Hall–Kier alpha value is -0.597. The van der Waals surface area contributed by atoms with E-state index in [1.54, 1.807) is 13.8 Å². The number of rotatable bonds is 6. The Morgan fingerprint density at radius 2 is 1.22 bits per heavy atom. The van der Waals surface area contributed by atoms with Crippen LogP contribution in [0.5, 0.6) is 11.5 Å². The second kappa shape index (κ2) is 8.49. The van der Waals surface area contributed by atoms with Crippen LogP contribution in [-0.2, 0) is 0 Å². The van der Waals surface area contributed by atoms with Crippen LogP contribution in [0.3, 0.4) is 0 Å². The van der Waals surface area contributed by atoms with Gasteiger partial charge in [-0.25, -0.2) is 0 Å². The molecule has 2 nitrogen and oxygen atoms in total. The summed E-state index contributed by atoms with van der Waals surface area (Å²) < 4.78 is 39.1. The molecular formula is C16H14Br2F2GeO2. The van der Waals surface area contributed by atoms with Crippen LogP contribution in [0.1, 0.15) is 11.1 Å². The Bertz CT molecular complexity index is 605. The molecule has 2 rings (SSSR count). The fourth-order valence-electron chi connectivity index (χ4n) is 2.03. The van der Waals surface area contributed by atoms with Gasteiger partial charge in [0.15, 0.2) is 0 Å². The molecule has 122 valence electrons. The molecule has 0 aromatic heterocycles. The van der Waals surface area contributed by atoms with Crippen LogP contribution in [0.25, 0.3) is 0 Å². The van der Waals surface area contributed by atoms with E-state index in [0.29, 0.717) is 31.3 Å². The van der Waals surface area contributed by atoms with E-state index >= 15 is 0 Å². The van der Waals surface area contributed by atoms with E-state index in [1.807, 2.05) is 0 Å². The quantitative estimate of drug-likeness (QED) is 0.395. The number of ether oxygens (including phenoxy) is 2. The Labute approximate surface area is 157 Å². The number of hydrogen-bond donors (Lipinski definition) is 0. The average Bonchev–Trinajstić information content (AvgIpc) is 2.42. The van der Waals surface area contributed by atoms with Crippen molar-refractivity contribution in [2.75, 3.05) is 10.9 Å². The van der Waals surface area contributed by atoms with Gasteiger partial charge in [0.05, 0.1) is 0 Å². The normalized spacial score (nSPS) is 10.7. The van der Waals surface area contributed by atoms with Crippen LogP contribution in [-0.4, -0.2) is 26.3 Å². The topological polar surface area (TPSA) is 18.5 Å². The molecule has 0 aliphatic carbocycles. The van der Waals surface area contributed by atoms with Crippen LogP contribution in [0.15, 0.2) is 33.2 Å². The predicted molar refractivity (Wildman–Crippen MR) is 94.4 cm³/mol. The van der Waals surface area contributed by atoms with Crippen molar-refractivity contribution in [2.24, 2.45) is 0 Å². The van der Waals surface area contributed by atoms with E-state index in [0.717, 1.165) is 11.1 Å². The summed E-state index contributed by atoms with van der Waals surface area (Å²) in [5.41, 5.74) is 2.62. The summed E-state index contributed by atoms with van der Waals surface area (Å²) in [6.45, 7) is 3.61. The maximum absolute atomic E-state index is 13.2. The third kappa shape index (κ3) is 5.19. The van der Waals surface area contributed by atoms with E-state index in [1.165, 1.54) is 24.3 Å². The van der Waals surface area contributed by atoms with Crippen molar-refractivity contribution >= 4 is 47.3 Å². The monoisotopic (exact) mass is 508 g/mol. The molecule has 0 saturated carbocycles. The van der Waals surface area contributed by atoms with Gasteiger partial charge in [-0.05, 0) is 0 Å². The van der Waals surface area contributed by atoms with Crippen molar-refractivity contribution in [3.63, 3.8) is 0 Å². The molecule has 23 heavy (non-hydrogen) atoms. The number of benzene rings is 2. The number of aryl methyl sites for hydroxylation is 2. The SMILES string of the molecule is Cc1cc(F)cc(Br)c1O[CH2][Ge][CH2]Oc1c(C)cc(F)cc1Br. The summed E-state index contributed by atoms with van der Waals surface area (Å²) in [6.07, 6.45) is 0. The molecule has 0 aliphatic rings. The second-order valence-corrected chi connectivity index (χ2v) is 8.86. The second-order valence-electron chi connectivity index (χ2n) is 4.89. The first kappa shape index (κ1) is 18.7. The summed E-state index contributed by atoms with van der Waals surface area (Å²) in [5, 5.41) is 0. The van der Waals surface area contributed by atoms with Crippen LogP contribution in [0, 0.1) is 25.5 Å². The van der Waals surface area contributed by atoms with Crippen molar-refractivity contribution in [3.8, 4) is 11.5 Å². The molecule has 0 atom stereocenters. The van der Waals surface area contributed by atoms with Gasteiger partial charge in [-0.3, -0.25) is 0 Å². The van der Waals surface area contributed by atoms with Gasteiger partial charge in [0.25, 0.3) is 0 Å². The van der Waals surface area contributed by atoms with Gasteiger partial charge in [-0.2, -0.15) is 0 Å². The molecule has 0 N–H and O–H groups in total. The molecule has 7 heteroatoms. The average molecular weight is 509 g/mol. The van der Waals surface area contributed by atoms with Gasteiger partial charge in [0.2, 0.25) is 0 Å². The molecule has 0 amide bonds. The fourth-order valence-corrected chi connectivity index (χ4v) is 4.53. The number of hydrogen-bond acceptors (Lipinski definition) is 2. The van der Waals surface area contributed by atoms with Crippen molar-refractivity contribution < 1.29 is 18.3 Å². The maximum atomic E-state index is 13.2.